The molecule has 5 heterocycles. The van der Waals surface area contributed by atoms with E-state index in [0.29, 0.717) is 60.6 Å². The van der Waals surface area contributed by atoms with Crippen LogP contribution in [0, 0.1) is 0 Å². The second-order valence-electron chi connectivity index (χ2n) is 8.37. The first kappa shape index (κ1) is 23.0. The van der Waals surface area contributed by atoms with Crippen molar-refractivity contribution in [2.75, 3.05) is 50.9 Å². The van der Waals surface area contributed by atoms with Crippen LogP contribution in [0.3, 0.4) is 0 Å². The van der Waals surface area contributed by atoms with Gasteiger partial charge >= 0.3 is 6.18 Å². The van der Waals surface area contributed by atoms with Gasteiger partial charge in [-0.05, 0) is 31.2 Å². The summed E-state index contributed by atoms with van der Waals surface area (Å²) >= 11 is 1.10. The lowest BCUT2D eigenvalue weighted by Crippen LogP contribution is -2.44. The number of hydrogen-bond acceptors (Lipinski definition) is 9. The minimum atomic E-state index is -4.62. The van der Waals surface area contributed by atoms with Crippen molar-refractivity contribution in [2.45, 2.75) is 13.1 Å². The molecule has 0 radical (unpaired) electrons. The van der Waals surface area contributed by atoms with E-state index in [1.807, 2.05) is 11.8 Å². The number of fused-ring (bicyclic) bond motifs is 4. The molecular formula is C24H22F3N5O3S. The van der Waals surface area contributed by atoms with Crippen LogP contribution in [-0.4, -0.2) is 61.0 Å². The molecule has 4 aromatic rings. The van der Waals surface area contributed by atoms with E-state index in [2.05, 4.69) is 20.3 Å². The van der Waals surface area contributed by atoms with Crippen molar-refractivity contribution in [2.24, 2.45) is 0 Å². The second-order valence-corrected chi connectivity index (χ2v) is 9.37. The van der Waals surface area contributed by atoms with Crippen LogP contribution in [0.1, 0.15) is 12.5 Å². The fourth-order valence-corrected chi connectivity index (χ4v) is 5.50. The highest BCUT2D eigenvalue weighted by Gasteiger charge is 2.36. The van der Waals surface area contributed by atoms with Gasteiger partial charge in [-0.3, -0.25) is 0 Å². The number of ether oxygens (including phenoxy) is 3. The number of halogens is 3. The number of anilines is 1. The molecule has 0 bridgehead atoms. The van der Waals surface area contributed by atoms with E-state index in [1.54, 1.807) is 18.2 Å². The molecule has 12 heteroatoms. The lowest BCUT2D eigenvalue weighted by Gasteiger charge is -2.27. The molecule has 0 amide bonds. The van der Waals surface area contributed by atoms with Gasteiger partial charge < -0.3 is 24.4 Å². The Morgan fingerprint density at radius 3 is 2.58 bits per heavy atom. The molecule has 6 rings (SSSR count). The van der Waals surface area contributed by atoms with Gasteiger partial charge in [0.2, 0.25) is 11.8 Å². The summed E-state index contributed by atoms with van der Waals surface area (Å²) in [5, 5.41) is 3.22. The molecule has 8 nitrogen and oxygen atoms in total. The molecular weight excluding hydrogens is 495 g/mol. The first-order valence-corrected chi connectivity index (χ1v) is 12.4. The van der Waals surface area contributed by atoms with Crippen molar-refractivity contribution in [1.82, 2.24) is 20.3 Å². The number of thiophene rings is 1. The van der Waals surface area contributed by atoms with Crippen molar-refractivity contribution in [3.05, 3.63) is 29.8 Å². The Hall–Kier alpha value is -3.38. The summed E-state index contributed by atoms with van der Waals surface area (Å²) in [7, 11) is 0. The fourth-order valence-electron chi connectivity index (χ4n) is 4.42. The quantitative estimate of drug-likeness (QED) is 0.424. The maximum atomic E-state index is 14.4. The summed E-state index contributed by atoms with van der Waals surface area (Å²) < 4.78 is 60.7. The number of alkyl halides is 3. The van der Waals surface area contributed by atoms with Gasteiger partial charge in [-0.1, -0.05) is 0 Å². The maximum absolute atomic E-state index is 14.4. The maximum Gasteiger partial charge on any atom is 0.417 e. The third-order valence-electron chi connectivity index (χ3n) is 6.07. The Labute approximate surface area is 208 Å². The van der Waals surface area contributed by atoms with Gasteiger partial charge in [0, 0.05) is 31.7 Å². The predicted molar refractivity (Wildman–Crippen MR) is 130 cm³/mol. The van der Waals surface area contributed by atoms with E-state index in [0.717, 1.165) is 30.5 Å². The first-order valence-electron chi connectivity index (χ1n) is 11.6. The third kappa shape index (κ3) is 4.03. The average Bonchev–Trinajstić information content (AvgIpc) is 3.27. The number of nitrogens with one attached hydrogen (secondary N) is 1. The Balaban J connectivity index is 1.58. The Morgan fingerprint density at radius 2 is 1.83 bits per heavy atom. The summed E-state index contributed by atoms with van der Waals surface area (Å²) in [5.74, 6) is 1.67. The van der Waals surface area contributed by atoms with Gasteiger partial charge in [-0.2, -0.15) is 18.2 Å². The minimum Gasteiger partial charge on any atom is -0.486 e. The summed E-state index contributed by atoms with van der Waals surface area (Å²) in [6, 6.07) is 6.10. The van der Waals surface area contributed by atoms with Crippen molar-refractivity contribution < 1.29 is 27.4 Å². The number of pyridine rings is 1. The van der Waals surface area contributed by atoms with Gasteiger partial charge in [0.05, 0.1) is 23.3 Å². The molecule has 1 aromatic carbocycles. The number of rotatable bonds is 4. The van der Waals surface area contributed by atoms with Gasteiger partial charge in [0.15, 0.2) is 11.5 Å². The van der Waals surface area contributed by atoms with Gasteiger partial charge in [0.25, 0.3) is 0 Å². The molecule has 36 heavy (non-hydrogen) atoms. The first-order chi connectivity index (χ1) is 17.4. The Kier molecular flexibility index (Phi) is 5.72. The molecule has 3 aromatic heterocycles. The summed E-state index contributed by atoms with van der Waals surface area (Å²) in [6.07, 6.45) is -4.62. The van der Waals surface area contributed by atoms with E-state index in [-0.39, 0.29) is 27.3 Å². The highest BCUT2D eigenvalue weighted by molar-refractivity contribution is 7.25. The zero-order valence-corrected chi connectivity index (χ0v) is 20.1. The van der Waals surface area contributed by atoms with Crippen LogP contribution in [0.15, 0.2) is 24.3 Å². The third-order valence-corrected chi connectivity index (χ3v) is 7.13. The molecule has 0 atom stereocenters. The number of hydrogen-bond donors (Lipinski definition) is 1. The molecule has 0 unspecified atom stereocenters. The standard InChI is InChI=1S/C24H22F3N5O3S/c1-2-33-21-20-19(30-23(31-21)32-7-5-28-6-8-32)18-14(24(25,26)27)12-15(29-22(18)36-20)13-3-4-16-17(11-13)35-10-9-34-16/h3-4,11-12,28H,2,5-10H2,1H3. The lowest BCUT2D eigenvalue weighted by atomic mass is 10.1. The van der Waals surface area contributed by atoms with E-state index in [1.165, 1.54) is 0 Å². The predicted octanol–water partition coefficient (Wildman–Crippen LogP) is 4.50. The Morgan fingerprint density at radius 1 is 1.06 bits per heavy atom. The molecule has 0 saturated carbocycles. The van der Waals surface area contributed by atoms with Crippen LogP contribution in [0.4, 0.5) is 19.1 Å². The van der Waals surface area contributed by atoms with E-state index < -0.39 is 11.7 Å². The van der Waals surface area contributed by atoms with Crippen LogP contribution in [0.25, 0.3) is 31.7 Å². The minimum absolute atomic E-state index is 0.0384. The van der Waals surface area contributed by atoms with Crippen LogP contribution < -0.4 is 24.4 Å². The van der Waals surface area contributed by atoms with Crippen molar-refractivity contribution in [1.29, 1.82) is 0 Å². The van der Waals surface area contributed by atoms with Crippen LogP contribution in [-0.2, 0) is 6.18 Å². The topological polar surface area (TPSA) is 81.6 Å². The van der Waals surface area contributed by atoms with Crippen molar-refractivity contribution in [3.63, 3.8) is 0 Å². The highest BCUT2D eigenvalue weighted by Crippen LogP contribution is 2.45. The molecule has 0 aliphatic carbocycles. The Bertz CT molecular complexity index is 1450. The number of nitrogens with zero attached hydrogens (tertiary/aromatic N) is 4. The fraction of sp³-hybridized carbons (Fsp3) is 0.375. The van der Waals surface area contributed by atoms with Gasteiger partial charge in [0.1, 0.15) is 28.3 Å². The molecule has 1 fully saturated rings. The SMILES string of the molecule is CCOc1nc(N2CCNCC2)nc2c1sc1nc(-c3ccc4c(c3)OCCO4)cc(C(F)(F)F)c12. The second kappa shape index (κ2) is 8.93. The molecule has 1 N–H and O–H groups in total. The normalized spacial score (nSPS) is 16.1. The van der Waals surface area contributed by atoms with Crippen LogP contribution in [0.2, 0.25) is 0 Å². The van der Waals surface area contributed by atoms with Crippen molar-refractivity contribution in [3.8, 4) is 28.6 Å². The highest BCUT2D eigenvalue weighted by atomic mass is 32.1. The summed E-state index contributed by atoms with van der Waals surface area (Å²) in [6.45, 7) is 5.72. The zero-order valence-electron chi connectivity index (χ0n) is 19.3. The monoisotopic (exact) mass is 517 g/mol. The largest absolute Gasteiger partial charge is 0.486 e. The molecule has 2 aliphatic heterocycles. The lowest BCUT2D eigenvalue weighted by molar-refractivity contribution is -0.136. The number of piperazine rings is 1. The van der Waals surface area contributed by atoms with Crippen LogP contribution >= 0.6 is 11.3 Å². The van der Waals surface area contributed by atoms with E-state index in [9.17, 15) is 13.2 Å². The summed E-state index contributed by atoms with van der Waals surface area (Å²) in [5.41, 5.74) is 0.0971. The molecule has 188 valence electrons. The zero-order chi connectivity index (χ0) is 24.9. The van der Waals surface area contributed by atoms with Crippen molar-refractivity contribution >= 4 is 37.7 Å². The van der Waals surface area contributed by atoms with Crippen LogP contribution in [0.5, 0.6) is 17.4 Å². The summed E-state index contributed by atoms with van der Waals surface area (Å²) in [4.78, 5) is 16.0. The molecule has 0 spiro atoms. The number of benzene rings is 1. The van der Waals surface area contributed by atoms with E-state index in [4.69, 9.17) is 14.2 Å². The average molecular weight is 518 g/mol. The van der Waals surface area contributed by atoms with E-state index >= 15 is 0 Å². The van der Waals surface area contributed by atoms with Gasteiger partial charge in [-0.25, -0.2) is 9.97 Å². The van der Waals surface area contributed by atoms with Gasteiger partial charge in [-0.15, -0.1) is 11.3 Å². The molecule has 1 saturated heterocycles. The number of aromatic nitrogens is 3. The smallest absolute Gasteiger partial charge is 0.417 e. The molecule has 2 aliphatic rings.